The number of halogens is 5. The van der Waals surface area contributed by atoms with Gasteiger partial charge in [0.1, 0.15) is 5.75 Å². The zero-order chi connectivity index (χ0) is 14.9. The van der Waals surface area contributed by atoms with Gasteiger partial charge in [-0.15, -0.1) is 0 Å². The number of hydrogen-bond acceptors (Lipinski definition) is 1. The summed E-state index contributed by atoms with van der Waals surface area (Å²) in [6.45, 7) is 0. The molecule has 0 radical (unpaired) electrons. The molecule has 0 aliphatic rings. The van der Waals surface area contributed by atoms with Crippen LogP contribution in [0.25, 0.3) is 0 Å². The predicted molar refractivity (Wildman–Crippen MR) is 95.6 cm³/mol. The molecule has 0 aliphatic heterocycles. The summed E-state index contributed by atoms with van der Waals surface area (Å²) in [4.78, 5) is -0.0686. The Bertz CT molecular complexity index is 647. The number of methoxy groups -OCH3 is 1. The SMILES string of the molecule is COc1cc(Cl)c(C(Br)c2ccc(Br)cc2Br)cc1Cl. The van der Waals surface area contributed by atoms with Crippen molar-refractivity contribution < 1.29 is 4.74 Å². The molecule has 0 saturated carbocycles. The summed E-state index contributed by atoms with van der Waals surface area (Å²) in [5.74, 6) is 0.565. The molecular weight excluding hydrogens is 495 g/mol. The van der Waals surface area contributed by atoms with E-state index in [9.17, 15) is 0 Å². The van der Waals surface area contributed by atoms with Crippen LogP contribution in [0.5, 0.6) is 5.75 Å². The lowest BCUT2D eigenvalue weighted by atomic mass is 10.0. The van der Waals surface area contributed by atoms with Gasteiger partial charge in [-0.25, -0.2) is 0 Å². The zero-order valence-electron chi connectivity index (χ0n) is 10.3. The molecule has 0 heterocycles. The second kappa shape index (κ2) is 7.01. The van der Waals surface area contributed by atoms with Gasteiger partial charge in [0.25, 0.3) is 0 Å². The van der Waals surface area contributed by atoms with E-state index in [2.05, 4.69) is 47.8 Å². The molecule has 0 spiro atoms. The number of hydrogen-bond donors (Lipinski definition) is 0. The van der Waals surface area contributed by atoms with Gasteiger partial charge < -0.3 is 4.74 Å². The molecule has 2 rings (SSSR count). The van der Waals surface area contributed by atoms with E-state index in [1.54, 1.807) is 13.2 Å². The Balaban J connectivity index is 2.48. The second-order valence-corrected chi connectivity index (χ2v) is 7.54. The van der Waals surface area contributed by atoms with Crippen molar-refractivity contribution in [3.63, 3.8) is 0 Å². The maximum atomic E-state index is 6.32. The van der Waals surface area contributed by atoms with Gasteiger partial charge in [0.15, 0.2) is 0 Å². The lowest BCUT2D eigenvalue weighted by molar-refractivity contribution is 0.415. The van der Waals surface area contributed by atoms with Crippen LogP contribution in [0, 0.1) is 0 Å². The van der Waals surface area contributed by atoms with Gasteiger partial charge in [-0.05, 0) is 29.3 Å². The largest absolute Gasteiger partial charge is 0.495 e. The molecule has 20 heavy (non-hydrogen) atoms. The van der Waals surface area contributed by atoms with Gasteiger partial charge in [-0.1, -0.05) is 77.1 Å². The van der Waals surface area contributed by atoms with Gasteiger partial charge in [0.2, 0.25) is 0 Å². The Morgan fingerprint density at radius 2 is 1.70 bits per heavy atom. The molecule has 0 fully saturated rings. The molecule has 0 saturated heterocycles. The number of rotatable bonds is 3. The van der Waals surface area contributed by atoms with E-state index in [-0.39, 0.29) is 4.83 Å². The minimum Gasteiger partial charge on any atom is -0.495 e. The Morgan fingerprint density at radius 3 is 2.30 bits per heavy atom. The molecule has 1 atom stereocenters. The van der Waals surface area contributed by atoms with Gasteiger partial charge in [0, 0.05) is 20.0 Å². The van der Waals surface area contributed by atoms with Gasteiger partial charge in [-0.3, -0.25) is 0 Å². The van der Waals surface area contributed by atoms with Crippen LogP contribution in [0.15, 0.2) is 39.3 Å². The predicted octanol–water partition coefficient (Wildman–Crippen LogP) is 7.01. The molecule has 6 heteroatoms. The van der Waals surface area contributed by atoms with Crippen LogP contribution in [-0.4, -0.2) is 7.11 Å². The number of benzene rings is 2. The Hall–Kier alpha value is 0.260. The molecule has 1 unspecified atom stereocenters. The van der Waals surface area contributed by atoms with Crippen LogP contribution >= 0.6 is 71.0 Å². The van der Waals surface area contributed by atoms with Gasteiger partial charge in [0.05, 0.1) is 17.0 Å². The van der Waals surface area contributed by atoms with Crippen molar-refractivity contribution in [3.8, 4) is 5.75 Å². The molecule has 0 N–H and O–H groups in total. The van der Waals surface area contributed by atoms with Crippen molar-refractivity contribution in [3.05, 3.63) is 60.4 Å². The average Bonchev–Trinajstić information content (AvgIpc) is 2.40. The van der Waals surface area contributed by atoms with E-state index in [0.717, 1.165) is 20.1 Å². The van der Waals surface area contributed by atoms with Crippen molar-refractivity contribution in [1.29, 1.82) is 0 Å². The molecule has 0 amide bonds. The van der Waals surface area contributed by atoms with Crippen molar-refractivity contribution in [1.82, 2.24) is 0 Å². The van der Waals surface area contributed by atoms with Crippen LogP contribution in [0.2, 0.25) is 10.0 Å². The van der Waals surface area contributed by atoms with Gasteiger partial charge >= 0.3 is 0 Å². The number of ether oxygens (including phenoxy) is 1. The smallest absolute Gasteiger partial charge is 0.138 e. The first-order valence-corrected chi connectivity index (χ1v) is 8.81. The quantitative estimate of drug-likeness (QED) is 0.409. The highest BCUT2D eigenvalue weighted by Crippen LogP contribution is 2.42. The Kier molecular flexibility index (Phi) is 5.83. The third kappa shape index (κ3) is 3.53. The van der Waals surface area contributed by atoms with Crippen molar-refractivity contribution in [2.45, 2.75) is 4.83 Å². The first kappa shape index (κ1) is 16.6. The highest BCUT2D eigenvalue weighted by Gasteiger charge is 2.19. The minimum atomic E-state index is -0.0686. The third-order valence-electron chi connectivity index (χ3n) is 2.78. The number of alkyl halides is 1. The lowest BCUT2D eigenvalue weighted by Gasteiger charge is -2.16. The zero-order valence-corrected chi connectivity index (χ0v) is 16.5. The molecule has 0 bridgehead atoms. The minimum absolute atomic E-state index is 0.0686. The van der Waals surface area contributed by atoms with Crippen molar-refractivity contribution in [2.75, 3.05) is 7.11 Å². The van der Waals surface area contributed by atoms with Gasteiger partial charge in [-0.2, -0.15) is 0 Å². The van der Waals surface area contributed by atoms with E-state index in [1.807, 2.05) is 24.3 Å². The van der Waals surface area contributed by atoms with Crippen LogP contribution < -0.4 is 4.74 Å². The molecule has 0 aromatic heterocycles. The summed E-state index contributed by atoms with van der Waals surface area (Å²) < 4.78 is 7.15. The molecule has 106 valence electrons. The maximum Gasteiger partial charge on any atom is 0.138 e. The van der Waals surface area contributed by atoms with E-state index in [0.29, 0.717) is 15.8 Å². The Morgan fingerprint density at radius 1 is 1.00 bits per heavy atom. The third-order valence-corrected chi connectivity index (χ3v) is 5.57. The molecule has 2 aromatic rings. The lowest BCUT2D eigenvalue weighted by Crippen LogP contribution is -1.97. The summed E-state index contributed by atoms with van der Waals surface area (Å²) in [6.07, 6.45) is 0. The highest BCUT2D eigenvalue weighted by atomic mass is 79.9. The first-order chi connectivity index (χ1) is 9.43. The molecular formula is C14H9Br3Cl2O. The average molecular weight is 504 g/mol. The van der Waals surface area contributed by atoms with Crippen molar-refractivity contribution in [2.24, 2.45) is 0 Å². The summed E-state index contributed by atoms with van der Waals surface area (Å²) in [6, 6.07) is 9.52. The van der Waals surface area contributed by atoms with Crippen LogP contribution in [0.4, 0.5) is 0 Å². The highest BCUT2D eigenvalue weighted by molar-refractivity contribution is 9.11. The summed E-state index contributed by atoms with van der Waals surface area (Å²) in [5, 5.41) is 1.13. The Labute approximate surface area is 153 Å². The fraction of sp³-hybridized carbons (Fsp3) is 0.143. The first-order valence-electron chi connectivity index (χ1n) is 5.56. The van der Waals surface area contributed by atoms with Crippen LogP contribution in [-0.2, 0) is 0 Å². The molecule has 2 aromatic carbocycles. The van der Waals surface area contributed by atoms with E-state index in [1.165, 1.54) is 0 Å². The summed E-state index contributed by atoms with van der Waals surface area (Å²) in [5.41, 5.74) is 1.96. The van der Waals surface area contributed by atoms with Crippen LogP contribution in [0.1, 0.15) is 16.0 Å². The standard InChI is InChI=1S/C14H9Br3Cl2O/c1-20-13-6-11(18)9(5-12(13)19)14(17)8-3-2-7(15)4-10(8)16/h2-6,14H,1H3. The fourth-order valence-corrected chi connectivity index (χ4v) is 4.77. The summed E-state index contributed by atoms with van der Waals surface area (Å²) >= 11 is 23.2. The maximum absolute atomic E-state index is 6.32. The molecule has 1 nitrogen and oxygen atoms in total. The normalized spacial score (nSPS) is 12.3. The van der Waals surface area contributed by atoms with E-state index >= 15 is 0 Å². The summed E-state index contributed by atoms with van der Waals surface area (Å²) in [7, 11) is 1.56. The molecule has 0 aliphatic carbocycles. The fourth-order valence-electron chi connectivity index (χ4n) is 1.77. The van der Waals surface area contributed by atoms with Crippen molar-refractivity contribution >= 4 is 71.0 Å². The van der Waals surface area contributed by atoms with E-state index in [4.69, 9.17) is 27.9 Å². The monoisotopic (exact) mass is 500 g/mol. The van der Waals surface area contributed by atoms with Crippen LogP contribution in [0.3, 0.4) is 0 Å². The second-order valence-electron chi connectivity index (χ2n) is 4.04. The van der Waals surface area contributed by atoms with E-state index < -0.39 is 0 Å². The topological polar surface area (TPSA) is 9.23 Å².